The number of para-hydroxylation sites is 1. The van der Waals surface area contributed by atoms with Crippen molar-refractivity contribution in [2.45, 2.75) is 24.7 Å². The molecule has 0 saturated heterocycles. The molecule has 0 aliphatic rings. The van der Waals surface area contributed by atoms with Crippen LogP contribution in [0.5, 0.6) is 17.2 Å². The van der Waals surface area contributed by atoms with Crippen molar-refractivity contribution < 1.29 is 22.6 Å². The Hall–Kier alpha value is -2.25. The Labute approximate surface area is 155 Å². The number of benzene rings is 2. The van der Waals surface area contributed by atoms with E-state index in [0.717, 1.165) is 17.7 Å². The summed E-state index contributed by atoms with van der Waals surface area (Å²) in [5.41, 5.74) is 1.07. The highest BCUT2D eigenvalue weighted by Crippen LogP contribution is 2.29. The quantitative estimate of drug-likeness (QED) is 0.643. The van der Waals surface area contributed by atoms with E-state index in [1.807, 2.05) is 31.2 Å². The van der Waals surface area contributed by atoms with Crippen LogP contribution in [0, 0.1) is 0 Å². The molecule has 0 aromatic heterocycles. The van der Waals surface area contributed by atoms with Crippen molar-refractivity contribution >= 4 is 10.0 Å². The number of rotatable bonds is 10. The molecule has 0 heterocycles. The summed E-state index contributed by atoms with van der Waals surface area (Å²) in [6.07, 6.45) is 1.39. The topological polar surface area (TPSA) is 73.9 Å². The van der Waals surface area contributed by atoms with Crippen LogP contribution in [0.1, 0.15) is 18.9 Å². The summed E-state index contributed by atoms with van der Waals surface area (Å²) in [6.45, 7) is 2.87. The standard InChI is InChI=1S/C19H25NO5S/c1-4-25-17-10-6-5-8-15(17)9-7-13-20-26(21,22)16-11-12-18(23-2)19(14-16)24-3/h5-6,8,10-12,14,20H,4,7,9,13H2,1-3H3. The number of hydrogen-bond donors (Lipinski definition) is 1. The molecule has 0 spiro atoms. The lowest BCUT2D eigenvalue weighted by molar-refractivity contribution is 0.336. The third kappa shape index (κ3) is 5.12. The van der Waals surface area contributed by atoms with Crippen molar-refractivity contribution in [3.63, 3.8) is 0 Å². The number of ether oxygens (including phenoxy) is 3. The highest BCUT2D eigenvalue weighted by atomic mass is 32.2. The molecule has 142 valence electrons. The van der Waals surface area contributed by atoms with Crippen LogP contribution in [0.25, 0.3) is 0 Å². The predicted octanol–water partition coefficient (Wildman–Crippen LogP) is 3.01. The molecule has 0 amide bonds. The largest absolute Gasteiger partial charge is 0.494 e. The molecule has 0 atom stereocenters. The molecular formula is C19H25NO5S. The number of aryl methyl sites for hydroxylation is 1. The van der Waals surface area contributed by atoms with Gasteiger partial charge in [0.25, 0.3) is 0 Å². The Balaban J connectivity index is 1.97. The Bertz CT molecular complexity index is 820. The first-order chi connectivity index (χ1) is 12.5. The van der Waals surface area contributed by atoms with Crippen LogP contribution in [-0.2, 0) is 16.4 Å². The minimum atomic E-state index is -3.61. The predicted molar refractivity (Wildman–Crippen MR) is 101 cm³/mol. The molecule has 1 N–H and O–H groups in total. The number of nitrogens with one attached hydrogen (secondary N) is 1. The van der Waals surface area contributed by atoms with E-state index in [2.05, 4.69) is 4.72 Å². The van der Waals surface area contributed by atoms with E-state index in [1.54, 1.807) is 6.07 Å². The van der Waals surface area contributed by atoms with E-state index in [-0.39, 0.29) is 4.90 Å². The summed E-state index contributed by atoms with van der Waals surface area (Å²) in [6, 6.07) is 12.3. The van der Waals surface area contributed by atoms with Gasteiger partial charge < -0.3 is 14.2 Å². The Morgan fingerprint density at radius 3 is 2.38 bits per heavy atom. The van der Waals surface area contributed by atoms with Crippen LogP contribution < -0.4 is 18.9 Å². The van der Waals surface area contributed by atoms with E-state index < -0.39 is 10.0 Å². The second kappa shape index (κ2) is 9.45. The minimum Gasteiger partial charge on any atom is -0.494 e. The SMILES string of the molecule is CCOc1ccccc1CCCNS(=O)(=O)c1ccc(OC)c(OC)c1. The van der Waals surface area contributed by atoms with Crippen LogP contribution in [-0.4, -0.2) is 35.8 Å². The van der Waals surface area contributed by atoms with Gasteiger partial charge in [-0.05, 0) is 43.5 Å². The first kappa shape index (κ1) is 20.1. The van der Waals surface area contributed by atoms with Crippen LogP contribution in [0.3, 0.4) is 0 Å². The highest BCUT2D eigenvalue weighted by molar-refractivity contribution is 7.89. The summed E-state index contributed by atoms with van der Waals surface area (Å²) < 4.78 is 43.4. The zero-order valence-electron chi connectivity index (χ0n) is 15.3. The molecule has 26 heavy (non-hydrogen) atoms. The molecular weight excluding hydrogens is 354 g/mol. The minimum absolute atomic E-state index is 0.143. The van der Waals surface area contributed by atoms with Gasteiger partial charge in [-0.15, -0.1) is 0 Å². The van der Waals surface area contributed by atoms with Gasteiger partial charge in [0.2, 0.25) is 10.0 Å². The van der Waals surface area contributed by atoms with Crippen LogP contribution in [0.15, 0.2) is 47.4 Å². The van der Waals surface area contributed by atoms with Crippen molar-refractivity contribution in [1.82, 2.24) is 4.72 Å². The molecule has 0 aliphatic heterocycles. The highest BCUT2D eigenvalue weighted by Gasteiger charge is 2.16. The summed E-state index contributed by atoms with van der Waals surface area (Å²) in [5.74, 6) is 1.71. The monoisotopic (exact) mass is 379 g/mol. The van der Waals surface area contributed by atoms with Crippen molar-refractivity contribution in [3.05, 3.63) is 48.0 Å². The fourth-order valence-corrected chi connectivity index (χ4v) is 3.65. The molecule has 7 heteroatoms. The molecule has 0 unspecified atom stereocenters. The summed E-state index contributed by atoms with van der Waals surface area (Å²) in [4.78, 5) is 0.143. The number of methoxy groups -OCH3 is 2. The van der Waals surface area contributed by atoms with Crippen LogP contribution in [0.4, 0.5) is 0 Å². The molecule has 0 fully saturated rings. The third-order valence-electron chi connectivity index (χ3n) is 3.85. The molecule has 2 rings (SSSR count). The molecule has 0 bridgehead atoms. The van der Waals surface area contributed by atoms with Gasteiger partial charge in [-0.25, -0.2) is 13.1 Å². The number of hydrogen-bond acceptors (Lipinski definition) is 5. The second-order valence-electron chi connectivity index (χ2n) is 5.56. The zero-order chi connectivity index (χ0) is 19.0. The van der Waals surface area contributed by atoms with Gasteiger partial charge in [-0.2, -0.15) is 0 Å². The zero-order valence-corrected chi connectivity index (χ0v) is 16.1. The van der Waals surface area contributed by atoms with Gasteiger partial charge in [0.05, 0.1) is 25.7 Å². The average Bonchev–Trinajstić information content (AvgIpc) is 2.66. The molecule has 0 radical (unpaired) electrons. The first-order valence-electron chi connectivity index (χ1n) is 8.44. The Morgan fingerprint density at radius 2 is 1.69 bits per heavy atom. The summed E-state index contributed by atoms with van der Waals surface area (Å²) in [5, 5.41) is 0. The molecule has 2 aromatic rings. The maximum atomic E-state index is 12.4. The van der Waals surface area contributed by atoms with Crippen LogP contribution >= 0.6 is 0 Å². The summed E-state index contributed by atoms with van der Waals surface area (Å²) in [7, 11) is -0.635. The maximum Gasteiger partial charge on any atom is 0.240 e. The number of sulfonamides is 1. The van der Waals surface area contributed by atoms with Crippen molar-refractivity contribution in [2.24, 2.45) is 0 Å². The van der Waals surface area contributed by atoms with Gasteiger partial charge in [0.15, 0.2) is 11.5 Å². The van der Waals surface area contributed by atoms with Gasteiger partial charge in [0.1, 0.15) is 5.75 Å². The van der Waals surface area contributed by atoms with E-state index in [9.17, 15) is 8.42 Å². The second-order valence-corrected chi connectivity index (χ2v) is 7.33. The third-order valence-corrected chi connectivity index (χ3v) is 5.31. The molecule has 0 aliphatic carbocycles. The van der Waals surface area contributed by atoms with E-state index >= 15 is 0 Å². The van der Waals surface area contributed by atoms with Crippen molar-refractivity contribution in [1.29, 1.82) is 0 Å². The molecule has 0 saturated carbocycles. The normalized spacial score (nSPS) is 11.2. The summed E-state index contributed by atoms with van der Waals surface area (Å²) >= 11 is 0. The Morgan fingerprint density at radius 1 is 0.962 bits per heavy atom. The van der Waals surface area contributed by atoms with E-state index in [1.165, 1.54) is 26.4 Å². The van der Waals surface area contributed by atoms with Crippen molar-refractivity contribution in [2.75, 3.05) is 27.4 Å². The lowest BCUT2D eigenvalue weighted by Gasteiger charge is -2.12. The fraction of sp³-hybridized carbons (Fsp3) is 0.368. The average molecular weight is 379 g/mol. The van der Waals surface area contributed by atoms with E-state index in [4.69, 9.17) is 14.2 Å². The smallest absolute Gasteiger partial charge is 0.240 e. The van der Waals surface area contributed by atoms with Gasteiger partial charge in [-0.1, -0.05) is 18.2 Å². The van der Waals surface area contributed by atoms with E-state index in [0.29, 0.717) is 31.1 Å². The Kier molecular flexibility index (Phi) is 7.29. The lowest BCUT2D eigenvalue weighted by atomic mass is 10.1. The molecule has 2 aromatic carbocycles. The lowest BCUT2D eigenvalue weighted by Crippen LogP contribution is -2.25. The van der Waals surface area contributed by atoms with Crippen LogP contribution in [0.2, 0.25) is 0 Å². The van der Waals surface area contributed by atoms with Gasteiger partial charge >= 0.3 is 0 Å². The van der Waals surface area contributed by atoms with Gasteiger partial charge in [0, 0.05) is 12.6 Å². The van der Waals surface area contributed by atoms with Gasteiger partial charge in [-0.3, -0.25) is 0 Å². The fourth-order valence-electron chi connectivity index (χ4n) is 2.56. The first-order valence-corrected chi connectivity index (χ1v) is 9.92. The molecule has 6 nitrogen and oxygen atoms in total. The van der Waals surface area contributed by atoms with Crippen molar-refractivity contribution in [3.8, 4) is 17.2 Å². The maximum absolute atomic E-state index is 12.4.